The number of nitrogens with zero attached hydrogens (tertiary/aromatic N) is 2. The van der Waals surface area contributed by atoms with Crippen molar-refractivity contribution in [1.82, 2.24) is 4.90 Å². The van der Waals surface area contributed by atoms with Crippen LogP contribution in [-0.4, -0.2) is 56.7 Å². The standard InChI is InChI=1S/C18H27N3O2/c22-18(21-9-5-1-2-6-10-21)15-19-16-7-3-4-8-17(16)20-11-13-23-14-12-20/h3-4,7-8,19H,1-2,5-6,9-15H2. The van der Waals surface area contributed by atoms with Crippen LogP contribution in [0.25, 0.3) is 0 Å². The first-order valence-corrected chi connectivity index (χ1v) is 8.78. The van der Waals surface area contributed by atoms with E-state index in [1.54, 1.807) is 0 Å². The first-order valence-electron chi connectivity index (χ1n) is 8.78. The SMILES string of the molecule is O=C(CNc1ccccc1N1CCOCC1)N1CCCCCC1. The van der Waals surface area contributed by atoms with Gasteiger partial charge in [-0.3, -0.25) is 4.79 Å². The molecule has 5 heteroatoms. The molecule has 0 radical (unpaired) electrons. The number of amides is 1. The van der Waals surface area contributed by atoms with Gasteiger partial charge in [0.25, 0.3) is 0 Å². The van der Waals surface area contributed by atoms with Crippen LogP contribution in [0.3, 0.4) is 0 Å². The van der Waals surface area contributed by atoms with Gasteiger partial charge in [-0.05, 0) is 25.0 Å². The number of nitrogens with one attached hydrogen (secondary N) is 1. The molecule has 0 aliphatic carbocycles. The third kappa shape index (κ3) is 4.38. The van der Waals surface area contributed by atoms with E-state index in [2.05, 4.69) is 22.3 Å². The molecule has 2 saturated heterocycles. The molecule has 1 amide bonds. The maximum atomic E-state index is 12.4. The van der Waals surface area contributed by atoms with E-state index < -0.39 is 0 Å². The smallest absolute Gasteiger partial charge is 0.241 e. The van der Waals surface area contributed by atoms with Crippen molar-refractivity contribution >= 4 is 17.3 Å². The molecule has 2 aliphatic rings. The fraction of sp³-hybridized carbons (Fsp3) is 0.611. The highest BCUT2D eigenvalue weighted by atomic mass is 16.5. The zero-order valence-corrected chi connectivity index (χ0v) is 13.8. The van der Waals surface area contributed by atoms with Gasteiger partial charge < -0.3 is 19.9 Å². The Labute approximate surface area is 138 Å². The molecule has 2 heterocycles. The molecule has 0 bridgehead atoms. The van der Waals surface area contributed by atoms with E-state index in [0.29, 0.717) is 6.54 Å². The number of benzene rings is 1. The van der Waals surface area contributed by atoms with E-state index in [0.717, 1.165) is 57.9 Å². The largest absolute Gasteiger partial charge is 0.378 e. The lowest BCUT2D eigenvalue weighted by molar-refractivity contribution is -0.129. The van der Waals surface area contributed by atoms with Gasteiger partial charge in [0.2, 0.25) is 5.91 Å². The van der Waals surface area contributed by atoms with Crippen LogP contribution >= 0.6 is 0 Å². The van der Waals surface area contributed by atoms with Gasteiger partial charge in [-0.25, -0.2) is 0 Å². The summed E-state index contributed by atoms with van der Waals surface area (Å²) >= 11 is 0. The minimum atomic E-state index is 0.212. The Hall–Kier alpha value is -1.75. The number of ether oxygens (including phenoxy) is 1. The lowest BCUT2D eigenvalue weighted by Gasteiger charge is -2.31. The number of para-hydroxylation sites is 2. The summed E-state index contributed by atoms with van der Waals surface area (Å²) in [6, 6.07) is 8.24. The van der Waals surface area contributed by atoms with Crippen molar-refractivity contribution in [2.24, 2.45) is 0 Å². The number of rotatable bonds is 4. The molecule has 5 nitrogen and oxygen atoms in total. The van der Waals surface area contributed by atoms with Gasteiger partial charge in [-0.2, -0.15) is 0 Å². The molecular weight excluding hydrogens is 290 g/mol. The molecule has 1 aromatic carbocycles. The first-order chi connectivity index (χ1) is 11.3. The third-order valence-corrected chi connectivity index (χ3v) is 4.64. The van der Waals surface area contributed by atoms with Crippen molar-refractivity contribution in [3.8, 4) is 0 Å². The quantitative estimate of drug-likeness (QED) is 0.926. The fourth-order valence-electron chi connectivity index (χ4n) is 3.31. The Morgan fingerprint density at radius 3 is 2.43 bits per heavy atom. The summed E-state index contributed by atoms with van der Waals surface area (Å²) in [6.07, 6.45) is 4.76. The Kier molecular flexibility index (Phi) is 5.75. The third-order valence-electron chi connectivity index (χ3n) is 4.64. The zero-order valence-electron chi connectivity index (χ0n) is 13.8. The van der Waals surface area contributed by atoms with Crippen LogP contribution in [0.1, 0.15) is 25.7 Å². The second-order valence-corrected chi connectivity index (χ2v) is 6.27. The summed E-state index contributed by atoms with van der Waals surface area (Å²) in [7, 11) is 0. The number of anilines is 2. The summed E-state index contributed by atoms with van der Waals surface area (Å²) in [5, 5.41) is 3.35. The first kappa shape index (κ1) is 16.1. The van der Waals surface area contributed by atoms with Crippen LogP contribution in [-0.2, 0) is 9.53 Å². The molecule has 3 rings (SSSR count). The van der Waals surface area contributed by atoms with Crippen LogP contribution in [0.5, 0.6) is 0 Å². The predicted octanol–water partition coefficient (Wildman–Crippen LogP) is 2.34. The van der Waals surface area contributed by atoms with Crippen molar-refractivity contribution in [2.45, 2.75) is 25.7 Å². The highest BCUT2D eigenvalue weighted by molar-refractivity contribution is 5.82. The number of carbonyl (C=O) groups is 1. The minimum Gasteiger partial charge on any atom is -0.378 e. The Morgan fingerprint density at radius 2 is 1.70 bits per heavy atom. The average Bonchev–Trinajstić information content (AvgIpc) is 2.90. The van der Waals surface area contributed by atoms with E-state index in [1.807, 2.05) is 17.0 Å². The Morgan fingerprint density at radius 1 is 1.00 bits per heavy atom. The van der Waals surface area contributed by atoms with Crippen molar-refractivity contribution in [3.63, 3.8) is 0 Å². The van der Waals surface area contributed by atoms with Crippen LogP contribution < -0.4 is 10.2 Å². The lowest BCUT2D eigenvalue weighted by Crippen LogP contribution is -2.38. The van der Waals surface area contributed by atoms with Crippen molar-refractivity contribution in [2.75, 3.05) is 56.2 Å². The van der Waals surface area contributed by atoms with Gasteiger partial charge in [0.15, 0.2) is 0 Å². The molecule has 1 N–H and O–H groups in total. The summed E-state index contributed by atoms with van der Waals surface area (Å²) in [4.78, 5) is 16.8. The molecule has 23 heavy (non-hydrogen) atoms. The second kappa shape index (κ2) is 8.20. The van der Waals surface area contributed by atoms with Gasteiger partial charge in [0, 0.05) is 26.2 Å². The highest BCUT2D eigenvalue weighted by Gasteiger charge is 2.17. The van der Waals surface area contributed by atoms with Gasteiger partial charge in [0.1, 0.15) is 0 Å². The molecule has 2 fully saturated rings. The van der Waals surface area contributed by atoms with Crippen LogP contribution in [0, 0.1) is 0 Å². The Balaban J connectivity index is 1.60. The topological polar surface area (TPSA) is 44.8 Å². The maximum absolute atomic E-state index is 12.4. The van der Waals surface area contributed by atoms with Crippen molar-refractivity contribution in [3.05, 3.63) is 24.3 Å². The number of carbonyl (C=O) groups excluding carboxylic acids is 1. The van der Waals surface area contributed by atoms with E-state index in [-0.39, 0.29) is 5.91 Å². The normalized spacial score (nSPS) is 19.3. The van der Waals surface area contributed by atoms with Gasteiger partial charge in [-0.1, -0.05) is 25.0 Å². The maximum Gasteiger partial charge on any atom is 0.241 e. The van der Waals surface area contributed by atoms with Crippen LogP contribution in [0.4, 0.5) is 11.4 Å². The minimum absolute atomic E-state index is 0.212. The average molecular weight is 317 g/mol. The molecule has 0 aromatic heterocycles. The van der Waals surface area contributed by atoms with E-state index >= 15 is 0 Å². The van der Waals surface area contributed by atoms with E-state index in [9.17, 15) is 4.79 Å². The van der Waals surface area contributed by atoms with Crippen molar-refractivity contribution in [1.29, 1.82) is 0 Å². The number of hydrogen-bond acceptors (Lipinski definition) is 4. The van der Waals surface area contributed by atoms with Crippen LogP contribution in [0.2, 0.25) is 0 Å². The number of hydrogen-bond donors (Lipinski definition) is 1. The predicted molar refractivity (Wildman–Crippen MR) is 93.0 cm³/mol. The molecule has 0 saturated carbocycles. The van der Waals surface area contributed by atoms with Gasteiger partial charge in [-0.15, -0.1) is 0 Å². The fourth-order valence-corrected chi connectivity index (χ4v) is 3.31. The summed E-state index contributed by atoms with van der Waals surface area (Å²) < 4.78 is 5.43. The Bertz CT molecular complexity index is 507. The lowest BCUT2D eigenvalue weighted by atomic mass is 10.2. The highest BCUT2D eigenvalue weighted by Crippen LogP contribution is 2.26. The molecule has 0 spiro atoms. The van der Waals surface area contributed by atoms with Crippen LogP contribution in [0.15, 0.2) is 24.3 Å². The van der Waals surface area contributed by atoms with Gasteiger partial charge >= 0.3 is 0 Å². The number of likely N-dealkylation sites (tertiary alicyclic amines) is 1. The summed E-state index contributed by atoms with van der Waals surface area (Å²) in [6.45, 7) is 5.53. The van der Waals surface area contributed by atoms with E-state index in [4.69, 9.17) is 4.74 Å². The van der Waals surface area contributed by atoms with E-state index in [1.165, 1.54) is 18.5 Å². The molecule has 1 aromatic rings. The molecule has 2 aliphatic heterocycles. The summed E-state index contributed by atoms with van der Waals surface area (Å²) in [5.41, 5.74) is 2.21. The molecule has 0 atom stereocenters. The van der Waals surface area contributed by atoms with Crippen molar-refractivity contribution < 1.29 is 9.53 Å². The number of morpholine rings is 1. The van der Waals surface area contributed by atoms with Gasteiger partial charge in [0.05, 0.1) is 31.1 Å². The zero-order chi connectivity index (χ0) is 15.9. The molecular formula is C18H27N3O2. The monoisotopic (exact) mass is 317 g/mol. The molecule has 0 unspecified atom stereocenters. The molecule has 126 valence electrons. The second-order valence-electron chi connectivity index (χ2n) is 6.27. The summed E-state index contributed by atoms with van der Waals surface area (Å²) in [5.74, 6) is 0.212.